The zero-order chi connectivity index (χ0) is 23.6. The largest absolute Gasteiger partial charge is 0.353 e. The van der Waals surface area contributed by atoms with Crippen LogP contribution in [0.2, 0.25) is 0 Å². The van der Waals surface area contributed by atoms with Gasteiger partial charge < -0.3 is 15.1 Å². The highest BCUT2D eigenvalue weighted by Gasteiger charge is 2.40. The van der Waals surface area contributed by atoms with E-state index in [2.05, 4.69) is 17.4 Å². The van der Waals surface area contributed by atoms with E-state index >= 15 is 0 Å². The average molecular weight is 448 g/mol. The number of amides is 3. The zero-order valence-electron chi connectivity index (χ0n) is 19.7. The Labute approximate surface area is 196 Å². The van der Waals surface area contributed by atoms with Crippen molar-refractivity contribution in [3.63, 3.8) is 0 Å². The number of nitrogens with one attached hydrogen (secondary N) is 1. The van der Waals surface area contributed by atoms with Crippen molar-refractivity contribution in [2.24, 2.45) is 5.92 Å². The van der Waals surface area contributed by atoms with Crippen LogP contribution in [0.5, 0.6) is 0 Å². The Kier molecular flexibility index (Phi) is 6.54. The molecule has 1 unspecified atom stereocenters. The SMILES string of the molecule is CC(C)(C)N1CC(C(=O)NC2CCN(C(=O)c3ccc(-c4ccccc4)cc3)CC2)CC1=O. The molecule has 6 nitrogen and oxygen atoms in total. The Morgan fingerprint density at radius 2 is 1.52 bits per heavy atom. The zero-order valence-corrected chi connectivity index (χ0v) is 19.7. The normalized spacial score (nSPS) is 19.6. The molecule has 2 saturated heterocycles. The van der Waals surface area contributed by atoms with Crippen LogP contribution in [-0.4, -0.2) is 58.7 Å². The summed E-state index contributed by atoms with van der Waals surface area (Å²) in [7, 11) is 0. The fourth-order valence-corrected chi connectivity index (χ4v) is 4.70. The van der Waals surface area contributed by atoms with E-state index in [4.69, 9.17) is 0 Å². The number of rotatable bonds is 4. The second kappa shape index (κ2) is 9.38. The number of likely N-dealkylation sites (tertiary alicyclic amines) is 2. The van der Waals surface area contributed by atoms with Gasteiger partial charge in [0, 0.05) is 43.2 Å². The predicted molar refractivity (Wildman–Crippen MR) is 129 cm³/mol. The Bertz CT molecular complexity index is 1000. The van der Waals surface area contributed by atoms with Crippen molar-refractivity contribution in [1.29, 1.82) is 0 Å². The lowest BCUT2D eigenvalue weighted by Crippen LogP contribution is -2.48. The first-order valence-electron chi connectivity index (χ1n) is 11.8. The molecule has 6 heteroatoms. The smallest absolute Gasteiger partial charge is 0.253 e. The van der Waals surface area contributed by atoms with Gasteiger partial charge in [-0.3, -0.25) is 14.4 Å². The van der Waals surface area contributed by atoms with Crippen LogP contribution in [0, 0.1) is 5.92 Å². The monoisotopic (exact) mass is 447 g/mol. The molecule has 33 heavy (non-hydrogen) atoms. The lowest BCUT2D eigenvalue weighted by atomic mass is 10.0. The number of hydrogen-bond acceptors (Lipinski definition) is 3. The molecule has 0 aromatic heterocycles. The summed E-state index contributed by atoms with van der Waals surface area (Å²) in [5.74, 6) is -0.265. The molecular weight excluding hydrogens is 414 g/mol. The second-order valence-electron chi connectivity index (χ2n) is 10.1. The van der Waals surface area contributed by atoms with Crippen molar-refractivity contribution in [2.75, 3.05) is 19.6 Å². The molecule has 2 heterocycles. The molecule has 0 saturated carbocycles. The minimum Gasteiger partial charge on any atom is -0.353 e. The van der Waals surface area contributed by atoms with Gasteiger partial charge in [0.15, 0.2) is 0 Å². The van der Waals surface area contributed by atoms with Gasteiger partial charge in [-0.15, -0.1) is 0 Å². The van der Waals surface area contributed by atoms with Crippen molar-refractivity contribution in [3.8, 4) is 11.1 Å². The number of hydrogen-bond donors (Lipinski definition) is 1. The summed E-state index contributed by atoms with van der Waals surface area (Å²) in [6.45, 7) is 7.68. The highest BCUT2D eigenvalue weighted by atomic mass is 16.2. The van der Waals surface area contributed by atoms with Gasteiger partial charge in [-0.2, -0.15) is 0 Å². The lowest BCUT2D eigenvalue weighted by Gasteiger charge is -2.33. The minimum atomic E-state index is -0.292. The third-order valence-electron chi connectivity index (χ3n) is 6.67. The van der Waals surface area contributed by atoms with E-state index in [0.29, 0.717) is 25.2 Å². The molecule has 3 amide bonds. The van der Waals surface area contributed by atoms with E-state index in [0.717, 1.165) is 24.0 Å². The highest BCUT2D eigenvalue weighted by molar-refractivity contribution is 5.95. The molecule has 2 aromatic carbocycles. The summed E-state index contributed by atoms with van der Waals surface area (Å²) in [5.41, 5.74) is 2.63. The maximum Gasteiger partial charge on any atom is 0.253 e. The Morgan fingerprint density at radius 3 is 2.09 bits per heavy atom. The molecule has 4 rings (SSSR count). The van der Waals surface area contributed by atoms with Crippen molar-refractivity contribution in [1.82, 2.24) is 15.1 Å². The highest BCUT2D eigenvalue weighted by Crippen LogP contribution is 2.26. The van der Waals surface area contributed by atoms with Gasteiger partial charge in [0.2, 0.25) is 11.8 Å². The standard InChI is InChI=1S/C27H33N3O3/c1-27(2,3)30-18-22(17-24(30)31)25(32)28-23-13-15-29(16-14-23)26(33)21-11-9-20(10-12-21)19-7-5-4-6-8-19/h4-12,22-23H,13-18H2,1-3H3,(H,28,32). The fourth-order valence-electron chi connectivity index (χ4n) is 4.70. The van der Waals surface area contributed by atoms with Crippen LogP contribution in [0.4, 0.5) is 0 Å². The van der Waals surface area contributed by atoms with Crippen molar-refractivity contribution in [2.45, 2.75) is 51.6 Å². The van der Waals surface area contributed by atoms with Crippen LogP contribution in [0.15, 0.2) is 54.6 Å². The van der Waals surface area contributed by atoms with Crippen LogP contribution < -0.4 is 5.32 Å². The van der Waals surface area contributed by atoms with E-state index in [-0.39, 0.29) is 41.6 Å². The van der Waals surface area contributed by atoms with Gasteiger partial charge in [0.05, 0.1) is 5.92 Å². The first-order chi connectivity index (χ1) is 15.7. The maximum absolute atomic E-state index is 12.9. The molecule has 0 aliphatic carbocycles. The molecule has 2 aliphatic heterocycles. The minimum absolute atomic E-state index is 0.0293. The predicted octanol–water partition coefficient (Wildman–Crippen LogP) is 3.72. The first-order valence-corrected chi connectivity index (χ1v) is 11.8. The summed E-state index contributed by atoms with van der Waals surface area (Å²) in [6, 6.07) is 17.9. The van der Waals surface area contributed by atoms with E-state index in [1.165, 1.54) is 0 Å². The number of piperidine rings is 1. The molecule has 174 valence electrons. The van der Waals surface area contributed by atoms with Gasteiger partial charge in [-0.1, -0.05) is 42.5 Å². The number of nitrogens with zero attached hydrogens (tertiary/aromatic N) is 2. The van der Waals surface area contributed by atoms with Crippen molar-refractivity contribution >= 4 is 17.7 Å². The van der Waals surface area contributed by atoms with Crippen LogP contribution in [-0.2, 0) is 9.59 Å². The summed E-state index contributed by atoms with van der Waals surface area (Å²) >= 11 is 0. The third-order valence-corrected chi connectivity index (χ3v) is 6.67. The van der Waals surface area contributed by atoms with Crippen molar-refractivity contribution in [3.05, 3.63) is 60.2 Å². The van der Waals surface area contributed by atoms with Gasteiger partial charge in [-0.25, -0.2) is 0 Å². The Balaban J connectivity index is 1.28. The fraction of sp³-hybridized carbons (Fsp3) is 0.444. The number of benzene rings is 2. The summed E-state index contributed by atoms with van der Waals surface area (Å²) < 4.78 is 0. The molecule has 0 bridgehead atoms. The molecule has 2 aliphatic rings. The first kappa shape index (κ1) is 23.0. The quantitative estimate of drug-likeness (QED) is 0.777. The van der Waals surface area contributed by atoms with Gasteiger partial charge in [-0.05, 0) is 56.9 Å². The maximum atomic E-state index is 12.9. The average Bonchev–Trinajstić information content (AvgIpc) is 3.22. The van der Waals surface area contributed by atoms with E-state index < -0.39 is 0 Å². The van der Waals surface area contributed by atoms with E-state index in [9.17, 15) is 14.4 Å². The van der Waals surface area contributed by atoms with Gasteiger partial charge >= 0.3 is 0 Å². The molecule has 2 aromatic rings. The molecule has 1 N–H and O–H groups in total. The summed E-state index contributed by atoms with van der Waals surface area (Å²) in [4.78, 5) is 41.6. The topological polar surface area (TPSA) is 69.7 Å². The van der Waals surface area contributed by atoms with Crippen LogP contribution in [0.3, 0.4) is 0 Å². The molecule has 0 spiro atoms. The van der Waals surface area contributed by atoms with E-state index in [1.807, 2.05) is 68.1 Å². The van der Waals surface area contributed by atoms with Crippen molar-refractivity contribution < 1.29 is 14.4 Å². The van der Waals surface area contributed by atoms with Crippen LogP contribution in [0.25, 0.3) is 11.1 Å². The number of carbonyl (C=O) groups excluding carboxylic acids is 3. The Morgan fingerprint density at radius 1 is 0.909 bits per heavy atom. The summed E-state index contributed by atoms with van der Waals surface area (Å²) in [5, 5.41) is 3.12. The van der Waals surface area contributed by atoms with Gasteiger partial charge in [0.25, 0.3) is 5.91 Å². The van der Waals surface area contributed by atoms with Gasteiger partial charge in [0.1, 0.15) is 0 Å². The molecule has 0 radical (unpaired) electrons. The van der Waals surface area contributed by atoms with E-state index in [1.54, 1.807) is 4.90 Å². The molecule has 1 atom stereocenters. The lowest BCUT2D eigenvalue weighted by molar-refractivity contribution is -0.132. The second-order valence-corrected chi connectivity index (χ2v) is 10.1. The number of carbonyl (C=O) groups is 3. The summed E-state index contributed by atoms with van der Waals surface area (Å²) in [6.07, 6.45) is 1.73. The van der Waals surface area contributed by atoms with Crippen LogP contribution in [0.1, 0.15) is 50.4 Å². The Hall–Kier alpha value is -3.15. The molecule has 2 fully saturated rings. The third kappa shape index (κ3) is 5.27. The molecular formula is C27H33N3O3. The van der Waals surface area contributed by atoms with Crippen LogP contribution >= 0.6 is 0 Å².